The minimum Gasteiger partial charge on any atom is -0.358 e. The van der Waals surface area contributed by atoms with Crippen LogP contribution >= 0.6 is 0 Å². The number of rotatable bonds is 3. The van der Waals surface area contributed by atoms with Gasteiger partial charge < -0.3 is 15.2 Å². The van der Waals surface area contributed by atoms with Gasteiger partial charge in [-0.25, -0.2) is 4.98 Å². The van der Waals surface area contributed by atoms with Crippen LogP contribution in [0.15, 0.2) is 48.7 Å². The summed E-state index contributed by atoms with van der Waals surface area (Å²) in [6, 6.07) is 13.2. The molecule has 2 N–H and O–H groups in total. The van der Waals surface area contributed by atoms with Crippen LogP contribution in [-0.4, -0.2) is 39.8 Å². The Morgan fingerprint density at radius 3 is 2.81 bits per heavy atom. The number of hydrogen-bond donors (Lipinski definition) is 2. The van der Waals surface area contributed by atoms with Crippen molar-refractivity contribution in [2.75, 3.05) is 18.4 Å². The molecule has 1 aliphatic rings. The number of anilines is 1. The number of aromatic amines is 1. The van der Waals surface area contributed by atoms with Crippen molar-refractivity contribution in [2.45, 2.75) is 13.3 Å². The van der Waals surface area contributed by atoms with Gasteiger partial charge in [0.1, 0.15) is 5.82 Å². The molecular weight excluding hydrogens is 328 g/mol. The Morgan fingerprint density at radius 1 is 1.19 bits per heavy atom. The van der Waals surface area contributed by atoms with Gasteiger partial charge in [0.2, 0.25) is 5.91 Å². The highest BCUT2D eigenvalue weighted by molar-refractivity contribution is 6.08. The molecule has 26 heavy (non-hydrogen) atoms. The number of likely N-dealkylation sites (tertiary alicyclic amines) is 1. The van der Waals surface area contributed by atoms with E-state index >= 15 is 0 Å². The third-order valence-corrected chi connectivity index (χ3v) is 4.87. The van der Waals surface area contributed by atoms with Crippen LogP contribution in [0.25, 0.3) is 10.9 Å². The Balaban J connectivity index is 1.49. The molecule has 1 atom stereocenters. The van der Waals surface area contributed by atoms with E-state index < -0.39 is 0 Å². The average Bonchev–Trinajstić information content (AvgIpc) is 3.26. The highest BCUT2D eigenvalue weighted by atomic mass is 16.2. The molecule has 0 aliphatic carbocycles. The van der Waals surface area contributed by atoms with Crippen molar-refractivity contribution >= 4 is 28.5 Å². The molecule has 1 aromatic carbocycles. The summed E-state index contributed by atoms with van der Waals surface area (Å²) in [5, 5.41) is 3.75. The van der Waals surface area contributed by atoms with Crippen LogP contribution in [0.2, 0.25) is 0 Å². The van der Waals surface area contributed by atoms with Crippen molar-refractivity contribution in [2.24, 2.45) is 5.92 Å². The summed E-state index contributed by atoms with van der Waals surface area (Å²) >= 11 is 0. The number of pyridine rings is 1. The van der Waals surface area contributed by atoms with E-state index in [4.69, 9.17) is 0 Å². The summed E-state index contributed by atoms with van der Waals surface area (Å²) < 4.78 is 0. The molecule has 3 heterocycles. The Bertz CT molecular complexity index is 964. The van der Waals surface area contributed by atoms with Crippen molar-refractivity contribution in [1.29, 1.82) is 0 Å². The van der Waals surface area contributed by atoms with Gasteiger partial charge in [0, 0.05) is 35.9 Å². The Hall–Kier alpha value is -3.15. The number of carbonyl (C=O) groups is 2. The minimum absolute atomic E-state index is 0.0203. The fraction of sp³-hybridized carbons (Fsp3) is 0.250. The molecule has 0 unspecified atom stereocenters. The molecule has 0 spiro atoms. The number of nitrogens with zero attached hydrogens (tertiary/aromatic N) is 2. The van der Waals surface area contributed by atoms with Gasteiger partial charge in [-0.3, -0.25) is 9.59 Å². The predicted octanol–water partition coefficient (Wildman–Crippen LogP) is 2.97. The molecule has 1 saturated heterocycles. The monoisotopic (exact) mass is 348 g/mol. The van der Waals surface area contributed by atoms with E-state index in [0.29, 0.717) is 30.9 Å². The first-order valence-electron chi connectivity index (χ1n) is 8.72. The fourth-order valence-corrected chi connectivity index (χ4v) is 3.53. The molecule has 4 rings (SSSR count). The van der Waals surface area contributed by atoms with Gasteiger partial charge in [0.15, 0.2) is 0 Å². The lowest BCUT2D eigenvalue weighted by Gasteiger charge is -2.17. The van der Waals surface area contributed by atoms with E-state index in [-0.39, 0.29) is 17.7 Å². The number of H-pyrrole nitrogens is 1. The summed E-state index contributed by atoms with van der Waals surface area (Å²) in [6.07, 6.45) is 2.30. The van der Waals surface area contributed by atoms with E-state index in [9.17, 15) is 9.59 Å². The number of aromatic nitrogens is 2. The summed E-state index contributed by atoms with van der Waals surface area (Å²) in [5.74, 6) is 0.212. The lowest BCUT2D eigenvalue weighted by atomic mass is 10.1. The number of aryl methyl sites for hydroxylation is 1. The number of carbonyl (C=O) groups excluding carboxylic acids is 2. The molecule has 0 bridgehead atoms. The van der Waals surface area contributed by atoms with Crippen molar-refractivity contribution < 1.29 is 9.59 Å². The summed E-state index contributed by atoms with van der Waals surface area (Å²) in [5.41, 5.74) is 2.51. The molecule has 2 aromatic heterocycles. The average molecular weight is 348 g/mol. The topological polar surface area (TPSA) is 78.1 Å². The van der Waals surface area contributed by atoms with Gasteiger partial charge in [-0.1, -0.05) is 24.3 Å². The second-order valence-corrected chi connectivity index (χ2v) is 6.61. The molecule has 6 heteroatoms. The number of benzene rings is 1. The molecular formula is C20H20N4O2. The SMILES string of the molecule is Cc1[nH]c2ccccc2c1C(=O)N1CC[C@@H](C(=O)Nc2ccccn2)C1. The zero-order valence-electron chi connectivity index (χ0n) is 14.5. The molecule has 0 radical (unpaired) electrons. The number of fused-ring (bicyclic) bond motifs is 1. The standard InChI is InChI=1S/C20H20N4O2/c1-13-18(15-6-2-3-7-16(15)22-13)20(26)24-11-9-14(12-24)19(25)23-17-8-4-5-10-21-17/h2-8,10,14,22H,9,11-12H2,1H3,(H,21,23,25)/t14-/m1/s1. The molecule has 2 amide bonds. The largest absolute Gasteiger partial charge is 0.358 e. The second kappa shape index (κ2) is 6.63. The third-order valence-electron chi connectivity index (χ3n) is 4.87. The lowest BCUT2D eigenvalue weighted by Crippen LogP contribution is -2.31. The quantitative estimate of drug-likeness (QED) is 0.764. The molecule has 1 aliphatic heterocycles. The van der Waals surface area contributed by atoms with Crippen LogP contribution in [0.4, 0.5) is 5.82 Å². The van der Waals surface area contributed by atoms with Crippen molar-refractivity contribution in [3.8, 4) is 0 Å². The van der Waals surface area contributed by atoms with Gasteiger partial charge >= 0.3 is 0 Å². The smallest absolute Gasteiger partial charge is 0.256 e. The van der Waals surface area contributed by atoms with E-state index in [1.54, 1.807) is 23.2 Å². The van der Waals surface area contributed by atoms with Crippen LogP contribution in [-0.2, 0) is 4.79 Å². The van der Waals surface area contributed by atoms with Gasteiger partial charge in [-0.05, 0) is 31.5 Å². The summed E-state index contributed by atoms with van der Waals surface area (Å²) in [7, 11) is 0. The van der Waals surface area contributed by atoms with Gasteiger partial charge in [-0.2, -0.15) is 0 Å². The highest BCUT2D eigenvalue weighted by Crippen LogP contribution is 2.26. The normalized spacial score (nSPS) is 16.8. The van der Waals surface area contributed by atoms with Crippen LogP contribution in [0, 0.1) is 12.8 Å². The van der Waals surface area contributed by atoms with Crippen LogP contribution in [0.3, 0.4) is 0 Å². The molecule has 6 nitrogen and oxygen atoms in total. The van der Waals surface area contributed by atoms with Crippen LogP contribution in [0.1, 0.15) is 22.5 Å². The van der Waals surface area contributed by atoms with Crippen molar-refractivity contribution in [3.63, 3.8) is 0 Å². The lowest BCUT2D eigenvalue weighted by molar-refractivity contribution is -0.119. The molecule has 3 aromatic rings. The molecule has 0 saturated carbocycles. The minimum atomic E-state index is -0.216. The maximum Gasteiger partial charge on any atom is 0.256 e. The van der Waals surface area contributed by atoms with Gasteiger partial charge in [-0.15, -0.1) is 0 Å². The van der Waals surface area contributed by atoms with Gasteiger partial charge in [0.25, 0.3) is 5.91 Å². The number of amides is 2. The summed E-state index contributed by atoms with van der Waals surface area (Å²) in [4.78, 5) is 34.6. The predicted molar refractivity (Wildman–Crippen MR) is 99.9 cm³/mol. The molecule has 132 valence electrons. The first-order chi connectivity index (χ1) is 12.6. The fourth-order valence-electron chi connectivity index (χ4n) is 3.53. The Labute approximate surface area is 151 Å². The van der Waals surface area contributed by atoms with E-state index in [0.717, 1.165) is 16.6 Å². The van der Waals surface area contributed by atoms with Crippen LogP contribution < -0.4 is 5.32 Å². The van der Waals surface area contributed by atoms with E-state index in [1.165, 1.54) is 0 Å². The van der Waals surface area contributed by atoms with E-state index in [2.05, 4.69) is 15.3 Å². The first kappa shape index (κ1) is 16.3. The number of para-hydroxylation sites is 1. The first-order valence-corrected chi connectivity index (χ1v) is 8.72. The van der Waals surface area contributed by atoms with Crippen LogP contribution in [0.5, 0.6) is 0 Å². The number of nitrogens with one attached hydrogen (secondary N) is 2. The Morgan fingerprint density at radius 2 is 2.00 bits per heavy atom. The Kier molecular flexibility index (Phi) is 4.16. The molecule has 1 fully saturated rings. The maximum atomic E-state index is 13.0. The number of hydrogen-bond acceptors (Lipinski definition) is 3. The highest BCUT2D eigenvalue weighted by Gasteiger charge is 2.33. The second-order valence-electron chi connectivity index (χ2n) is 6.61. The van der Waals surface area contributed by atoms with E-state index in [1.807, 2.05) is 37.3 Å². The maximum absolute atomic E-state index is 13.0. The zero-order chi connectivity index (χ0) is 18.1. The van der Waals surface area contributed by atoms with Crippen molar-refractivity contribution in [3.05, 3.63) is 59.9 Å². The summed E-state index contributed by atoms with van der Waals surface area (Å²) in [6.45, 7) is 2.92. The zero-order valence-corrected chi connectivity index (χ0v) is 14.5. The van der Waals surface area contributed by atoms with Crippen molar-refractivity contribution in [1.82, 2.24) is 14.9 Å². The van der Waals surface area contributed by atoms with Gasteiger partial charge in [0.05, 0.1) is 11.5 Å². The third kappa shape index (κ3) is 2.94.